The first-order chi connectivity index (χ1) is 7.70. The molecule has 0 unspecified atom stereocenters. The molecule has 0 aromatic carbocycles. The molecule has 0 aliphatic rings. The van der Waals surface area contributed by atoms with Gasteiger partial charge < -0.3 is 4.74 Å². The number of methoxy groups -OCH3 is 1. The highest BCUT2D eigenvalue weighted by Gasteiger charge is 2.07. The zero-order valence-electron chi connectivity index (χ0n) is 11.1. The van der Waals surface area contributed by atoms with E-state index in [1.165, 1.54) is 11.1 Å². The number of aryl methyl sites for hydroxylation is 1. The van der Waals surface area contributed by atoms with Crippen LogP contribution < -0.4 is 0 Å². The van der Waals surface area contributed by atoms with Crippen LogP contribution in [0.1, 0.15) is 44.0 Å². The Hall–Kier alpha value is -1.31. The van der Waals surface area contributed by atoms with E-state index in [0.717, 1.165) is 18.5 Å². The lowest BCUT2D eigenvalue weighted by Gasteiger charge is -2.10. The van der Waals surface area contributed by atoms with Crippen LogP contribution in [0.5, 0.6) is 0 Å². The van der Waals surface area contributed by atoms with Crippen molar-refractivity contribution in [2.24, 2.45) is 0 Å². The van der Waals surface area contributed by atoms with Crippen molar-refractivity contribution in [3.05, 3.63) is 35.7 Å². The molecule has 0 spiro atoms. The number of ether oxygens (including phenoxy) is 1. The number of hydrogen-bond acceptors (Lipinski definition) is 2. The molecular weight excluding hydrogens is 198 g/mol. The van der Waals surface area contributed by atoms with E-state index in [-0.39, 0.29) is 0 Å². The summed E-state index contributed by atoms with van der Waals surface area (Å²) in [4.78, 5) is 4.27. The number of rotatable bonds is 4. The average Bonchev–Trinajstić information content (AvgIpc) is 2.34. The van der Waals surface area contributed by atoms with Crippen molar-refractivity contribution >= 4 is 5.76 Å². The molecule has 1 rings (SSSR count). The Morgan fingerprint density at radius 3 is 2.56 bits per heavy atom. The van der Waals surface area contributed by atoms with Gasteiger partial charge in [-0.3, -0.25) is 4.98 Å². The monoisotopic (exact) mass is 221 g/mol. The largest absolute Gasteiger partial charge is 0.495 e. The Morgan fingerprint density at radius 1 is 1.44 bits per heavy atom. The van der Waals surface area contributed by atoms with Gasteiger partial charge in [0.1, 0.15) is 11.5 Å². The number of nitrogens with zero attached hydrogens (tertiary/aromatic N) is 1. The van der Waals surface area contributed by atoms with E-state index in [4.69, 9.17) is 4.74 Å². The van der Waals surface area contributed by atoms with Crippen molar-refractivity contribution in [1.29, 1.82) is 0 Å². The Labute approximate surface area is 99.4 Å². The fraction of sp³-hybridized carbons (Fsp3) is 0.500. The molecule has 0 atom stereocenters. The summed E-state index contributed by atoms with van der Waals surface area (Å²) < 4.78 is 5.09. The molecule has 1 aromatic rings. The zero-order valence-corrected chi connectivity index (χ0v) is 11.1. The van der Waals surface area contributed by atoms with Crippen LogP contribution in [0.4, 0.5) is 0 Å². The normalized spacial score (nSPS) is 9.06. The van der Waals surface area contributed by atoms with Gasteiger partial charge >= 0.3 is 0 Å². The predicted molar refractivity (Wildman–Crippen MR) is 70.4 cm³/mol. The van der Waals surface area contributed by atoms with Gasteiger partial charge in [-0.2, -0.15) is 0 Å². The fourth-order valence-corrected chi connectivity index (χ4v) is 1.49. The van der Waals surface area contributed by atoms with Gasteiger partial charge in [0.15, 0.2) is 0 Å². The first-order valence-corrected chi connectivity index (χ1v) is 5.88. The summed E-state index contributed by atoms with van der Waals surface area (Å²) in [5, 5.41) is 0. The Bertz CT molecular complexity index is 332. The molecule has 0 aliphatic heterocycles. The van der Waals surface area contributed by atoms with E-state index in [9.17, 15) is 0 Å². The molecule has 0 fully saturated rings. The molecule has 2 heteroatoms. The van der Waals surface area contributed by atoms with Crippen LogP contribution in [-0.4, -0.2) is 12.1 Å². The van der Waals surface area contributed by atoms with E-state index in [1.807, 2.05) is 20.0 Å². The zero-order chi connectivity index (χ0) is 12.6. The quantitative estimate of drug-likeness (QED) is 0.717. The molecule has 16 heavy (non-hydrogen) atoms. The van der Waals surface area contributed by atoms with Crippen molar-refractivity contribution in [3.63, 3.8) is 0 Å². The standard InChI is InChI=1S/C12H17NO.C2H6/c1-5-6-11-7-8-13-12(9(11)2)10(3)14-4;1-2/h7-8H,3,5-6H2,1-2,4H3;1-2H3. The van der Waals surface area contributed by atoms with E-state index in [1.54, 1.807) is 7.11 Å². The predicted octanol–water partition coefficient (Wildman–Crippen LogP) is 3.99. The third-order valence-electron chi connectivity index (χ3n) is 2.35. The van der Waals surface area contributed by atoms with Gasteiger partial charge in [-0.05, 0) is 30.5 Å². The summed E-state index contributed by atoms with van der Waals surface area (Å²) in [6.45, 7) is 12.1. The van der Waals surface area contributed by atoms with Crippen LogP contribution in [0.3, 0.4) is 0 Å². The van der Waals surface area contributed by atoms with E-state index < -0.39 is 0 Å². The molecule has 0 N–H and O–H groups in total. The highest BCUT2D eigenvalue weighted by Crippen LogP contribution is 2.19. The summed E-state index contributed by atoms with van der Waals surface area (Å²) in [5.41, 5.74) is 3.38. The van der Waals surface area contributed by atoms with Crippen LogP contribution in [0.15, 0.2) is 18.8 Å². The molecule has 1 aromatic heterocycles. The summed E-state index contributed by atoms with van der Waals surface area (Å²) in [5.74, 6) is 0.639. The summed E-state index contributed by atoms with van der Waals surface area (Å²) >= 11 is 0. The second-order valence-electron chi connectivity index (χ2n) is 3.32. The number of pyridine rings is 1. The lowest BCUT2D eigenvalue weighted by atomic mass is 10.0. The maximum Gasteiger partial charge on any atom is 0.137 e. The van der Waals surface area contributed by atoms with Crippen LogP contribution in [0.2, 0.25) is 0 Å². The number of hydrogen-bond donors (Lipinski definition) is 0. The third-order valence-corrected chi connectivity index (χ3v) is 2.35. The van der Waals surface area contributed by atoms with E-state index in [0.29, 0.717) is 5.76 Å². The van der Waals surface area contributed by atoms with Crippen LogP contribution in [0, 0.1) is 6.92 Å². The van der Waals surface area contributed by atoms with E-state index >= 15 is 0 Å². The van der Waals surface area contributed by atoms with Crippen molar-refractivity contribution < 1.29 is 4.74 Å². The average molecular weight is 221 g/mol. The van der Waals surface area contributed by atoms with Crippen molar-refractivity contribution in [2.45, 2.75) is 40.5 Å². The Kier molecular flexibility index (Phi) is 7.27. The van der Waals surface area contributed by atoms with Gasteiger partial charge in [0.25, 0.3) is 0 Å². The van der Waals surface area contributed by atoms with Crippen LogP contribution >= 0.6 is 0 Å². The van der Waals surface area contributed by atoms with Crippen LogP contribution in [0.25, 0.3) is 5.76 Å². The van der Waals surface area contributed by atoms with Crippen molar-refractivity contribution in [3.8, 4) is 0 Å². The highest BCUT2D eigenvalue weighted by atomic mass is 16.5. The molecule has 0 bridgehead atoms. The molecular formula is C14H23NO. The third kappa shape index (κ3) is 3.69. The molecule has 0 amide bonds. The minimum atomic E-state index is 0.639. The van der Waals surface area contributed by atoms with E-state index in [2.05, 4.69) is 31.5 Å². The second kappa shape index (κ2) is 7.91. The molecule has 0 saturated heterocycles. The lowest BCUT2D eigenvalue weighted by molar-refractivity contribution is 0.369. The van der Waals surface area contributed by atoms with Crippen LogP contribution in [-0.2, 0) is 11.2 Å². The minimum absolute atomic E-state index is 0.639. The van der Waals surface area contributed by atoms with Crippen molar-refractivity contribution in [1.82, 2.24) is 4.98 Å². The second-order valence-corrected chi connectivity index (χ2v) is 3.32. The van der Waals surface area contributed by atoms with Gasteiger partial charge in [-0.1, -0.05) is 33.8 Å². The molecule has 2 nitrogen and oxygen atoms in total. The summed E-state index contributed by atoms with van der Waals surface area (Å²) in [6.07, 6.45) is 4.04. The summed E-state index contributed by atoms with van der Waals surface area (Å²) in [6, 6.07) is 2.06. The lowest BCUT2D eigenvalue weighted by Crippen LogP contribution is -1.98. The highest BCUT2D eigenvalue weighted by molar-refractivity contribution is 5.58. The smallest absolute Gasteiger partial charge is 0.137 e. The minimum Gasteiger partial charge on any atom is -0.495 e. The SMILES string of the molecule is C=C(OC)c1nccc(CCC)c1C.CC. The molecule has 0 radical (unpaired) electrons. The molecule has 1 heterocycles. The molecule has 90 valence electrons. The molecule has 0 saturated carbocycles. The van der Waals surface area contributed by atoms with Gasteiger partial charge in [0.05, 0.1) is 7.11 Å². The van der Waals surface area contributed by atoms with Gasteiger partial charge in [-0.15, -0.1) is 0 Å². The first-order valence-electron chi connectivity index (χ1n) is 5.88. The van der Waals surface area contributed by atoms with Gasteiger partial charge in [0, 0.05) is 6.20 Å². The Morgan fingerprint density at radius 2 is 2.06 bits per heavy atom. The fourth-order valence-electron chi connectivity index (χ4n) is 1.49. The maximum absolute atomic E-state index is 5.09. The first kappa shape index (κ1) is 14.7. The number of aromatic nitrogens is 1. The van der Waals surface area contributed by atoms with Gasteiger partial charge in [0.2, 0.25) is 0 Å². The topological polar surface area (TPSA) is 22.1 Å². The van der Waals surface area contributed by atoms with Crippen molar-refractivity contribution in [2.75, 3.05) is 7.11 Å². The maximum atomic E-state index is 5.09. The molecule has 0 aliphatic carbocycles. The van der Waals surface area contributed by atoms with Gasteiger partial charge in [-0.25, -0.2) is 0 Å². The Balaban J connectivity index is 0.00000106. The summed E-state index contributed by atoms with van der Waals surface area (Å²) in [7, 11) is 1.62.